The molecule has 1 atom stereocenters. The minimum Gasteiger partial charge on any atom is -0.462 e. The topological polar surface area (TPSA) is 78.9 Å². The molecule has 0 aliphatic heterocycles. The normalized spacial score (nSPS) is 12.6. The van der Waals surface area contributed by atoms with E-state index in [2.05, 4.69) is 87.6 Å². The lowest BCUT2D eigenvalue weighted by Gasteiger charge is -2.18. The Bertz CT molecular complexity index is 1210. The highest BCUT2D eigenvalue weighted by atomic mass is 16.6. The first-order valence-electron chi connectivity index (χ1n) is 26.9. The number of ether oxygens (including phenoxy) is 3. The molecular formula is C58H100O6. The van der Waals surface area contributed by atoms with E-state index in [1.54, 1.807) is 0 Å². The predicted molar refractivity (Wildman–Crippen MR) is 274 cm³/mol. The number of esters is 3. The Balaban J connectivity index is 4.46. The number of hydrogen-bond donors (Lipinski definition) is 0. The molecular weight excluding hydrogens is 793 g/mol. The van der Waals surface area contributed by atoms with Crippen LogP contribution in [0, 0.1) is 0 Å². The minimum absolute atomic E-state index is 0.0951. The van der Waals surface area contributed by atoms with Gasteiger partial charge in [0.2, 0.25) is 0 Å². The Hall–Kier alpha value is -3.15. The van der Waals surface area contributed by atoms with Crippen molar-refractivity contribution in [1.82, 2.24) is 0 Å². The van der Waals surface area contributed by atoms with E-state index < -0.39 is 6.10 Å². The standard InChI is InChI=1S/C58H100O6/c1-4-7-10-13-16-19-22-25-27-28-29-30-32-33-36-39-42-45-48-51-57(60)63-54-55(53-62-56(59)50-47-44-41-38-35-24-21-18-15-12-9-6-3)64-58(61)52-49-46-43-40-37-34-31-26-23-20-17-14-11-8-5-2/h7,10,16,19,25,27,29-30,33,36,42,45,55H,4-6,8-9,11-15,17-18,20-24,26,28,31-32,34-35,37-41,43-44,46-54H2,1-3H3/b10-7-,19-16-,27-25-,30-29-,36-33-,45-42-. The molecule has 0 aromatic heterocycles. The first kappa shape index (κ1) is 60.9. The van der Waals surface area contributed by atoms with Gasteiger partial charge in [0.15, 0.2) is 6.10 Å². The highest BCUT2D eigenvalue weighted by Crippen LogP contribution is 2.16. The van der Waals surface area contributed by atoms with Gasteiger partial charge in [0, 0.05) is 19.3 Å². The van der Waals surface area contributed by atoms with Gasteiger partial charge in [0.25, 0.3) is 0 Å². The van der Waals surface area contributed by atoms with E-state index in [9.17, 15) is 14.4 Å². The number of allylic oxidation sites excluding steroid dienone is 12. The van der Waals surface area contributed by atoms with Gasteiger partial charge < -0.3 is 14.2 Å². The fourth-order valence-electron chi connectivity index (χ4n) is 7.47. The van der Waals surface area contributed by atoms with Crippen LogP contribution in [0.4, 0.5) is 0 Å². The quantitative estimate of drug-likeness (QED) is 0.0262. The van der Waals surface area contributed by atoms with Crippen LogP contribution in [-0.4, -0.2) is 37.2 Å². The maximum Gasteiger partial charge on any atom is 0.306 e. The molecule has 64 heavy (non-hydrogen) atoms. The molecule has 0 heterocycles. The van der Waals surface area contributed by atoms with Crippen LogP contribution in [0.25, 0.3) is 0 Å². The number of carbonyl (C=O) groups is 3. The third kappa shape index (κ3) is 49.9. The lowest BCUT2D eigenvalue weighted by molar-refractivity contribution is -0.166. The second kappa shape index (κ2) is 52.5. The highest BCUT2D eigenvalue weighted by Gasteiger charge is 2.19. The van der Waals surface area contributed by atoms with Gasteiger partial charge in [-0.25, -0.2) is 0 Å². The van der Waals surface area contributed by atoms with Crippen molar-refractivity contribution >= 4 is 17.9 Å². The van der Waals surface area contributed by atoms with Crippen LogP contribution in [0.15, 0.2) is 72.9 Å². The van der Waals surface area contributed by atoms with Gasteiger partial charge in [-0.2, -0.15) is 0 Å². The molecule has 0 N–H and O–H groups in total. The summed E-state index contributed by atoms with van der Waals surface area (Å²) in [6.07, 6.45) is 66.1. The van der Waals surface area contributed by atoms with E-state index in [1.165, 1.54) is 135 Å². The molecule has 0 amide bonds. The summed E-state index contributed by atoms with van der Waals surface area (Å²) in [6, 6.07) is 0. The summed E-state index contributed by atoms with van der Waals surface area (Å²) in [4.78, 5) is 38.0. The second-order valence-corrected chi connectivity index (χ2v) is 17.8. The van der Waals surface area contributed by atoms with E-state index in [1.807, 2.05) is 6.08 Å². The molecule has 0 aliphatic carbocycles. The Kier molecular flexibility index (Phi) is 49.9. The SMILES string of the molecule is CC/C=C\C/C=C\C/C=C\C/C=C\C/C=C\C/C=C\CCC(=O)OCC(COC(=O)CCCCCCCCCCCCCC)OC(=O)CCCCCCCCCCCCCCCCC. The molecule has 6 heteroatoms. The van der Waals surface area contributed by atoms with Crippen LogP contribution >= 0.6 is 0 Å². The largest absolute Gasteiger partial charge is 0.462 e. The Morgan fingerprint density at radius 2 is 0.609 bits per heavy atom. The average molecular weight is 893 g/mol. The highest BCUT2D eigenvalue weighted by molar-refractivity contribution is 5.71. The number of unbranched alkanes of at least 4 members (excludes halogenated alkanes) is 25. The van der Waals surface area contributed by atoms with Gasteiger partial charge in [0.1, 0.15) is 13.2 Å². The summed E-state index contributed by atoms with van der Waals surface area (Å²) >= 11 is 0. The van der Waals surface area contributed by atoms with E-state index in [0.29, 0.717) is 19.3 Å². The summed E-state index contributed by atoms with van der Waals surface area (Å²) in [6.45, 7) is 6.47. The van der Waals surface area contributed by atoms with Crippen LogP contribution in [0.2, 0.25) is 0 Å². The van der Waals surface area contributed by atoms with E-state index in [4.69, 9.17) is 14.2 Å². The van der Waals surface area contributed by atoms with E-state index in [-0.39, 0.29) is 37.5 Å². The van der Waals surface area contributed by atoms with Crippen molar-refractivity contribution in [3.63, 3.8) is 0 Å². The second-order valence-electron chi connectivity index (χ2n) is 17.8. The monoisotopic (exact) mass is 893 g/mol. The van der Waals surface area contributed by atoms with Crippen LogP contribution < -0.4 is 0 Å². The molecule has 0 saturated heterocycles. The summed E-state index contributed by atoms with van der Waals surface area (Å²) < 4.78 is 16.8. The van der Waals surface area contributed by atoms with Crippen molar-refractivity contribution in [2.24, 2.45) is 0 Å². The lowest BCUT2D eigenvalue weighted by atomic mass is 10.0. The average Bonchev–Trinajstić information content (AvgIpc) is 3.29. The molecule has 0 radical (unpaired) electrons. The van der Waals surface area contributed by atoms with Crippen molar-refractivity contribution in [1.29, 1.82) is 0 Å². The van der Waals surface area contributed by atoms with Crippen molar-refractivity contribution in [2.75, 3.05) is 13.2 Å². The molecule has 0 aromatic rings. The summed E-state index contributed by atoms with van der Waals surface area (Å²) in [5.74, 6) is -0.976. The first-order chi connectivity index (χ1) is 31.5. The van der Waals surface area contributed by atoms with Crippen LogP contribution in [0.1, 0.15) is 258 Å². The summed E-state index contributed by atoms with van der Waals surface area (Å²) in [5, 5.41) is 0. The van der Waals surface area contributed by atoms with Gasteiger partial charge in [-0.3, -0.25) is 14.4 Å². The smallest absolute Gasteiger partial charge is 0.306 e. The Morgan fingerprint density at radius 3 is 0.953 bits per heavy atom. The molecule has 0 aliphatic rings. The number of rotatable bonds is 48. The number of hydrogen-bond acceptors (Lipinski definition) is 6. The Morgan fingerprint density at radius 1 is 0.328 bits per heavy atom. The summed E-state index contributed by atoms with van der Waals surface area (Å²) in [5.41, 5.74) is 0. The fraction of sp³-hybridized carbons (Fsp3) is 0.741. The van der Waals surface area contributed by atoms with Gasteiger partial charge in [0.05, 0.1) is 0 Å². The molecule has 0 bridgehead atoms. The molecule has 1 unspecified atom stereocenters. The molecule has 0 rings (SSSR count). The maximum atomic E-state index is 12.8. The summed E-state index contributed by atoms with van der Waals surface area (Å²) in [7, 11) is 0. The van der Waals surface area contributed by atoms with Gasteiger partial charge in [-0.1, -0.05) is 254 Å². The zero-order valence-corrected chi connectivity index (χ0v) is 42.0. The van der Waals surface area contributed by atoms with Gasteiger partial charge in [-0.05, 0) is 57.8 Å². The maximum absolute atomic E-state index is 12.8. The van der Waals surface area contributed by atoms with Gasteiger partial charge in [-0.15, -0.1) is 0 Å². The molecule has 0 fully saturated rings. The van der Waals surface area contributed by atoms with E-state index >= 15 is 0 Å². The molecule has 0 aromatic carbocycles. The zero-order chi connectivity index (χ0) is 46.5. The van der Waals surface area contributed by atoms with Crippen LogP contribution in [0.3, 0.4) is 0 Å². The molecule has 0 spiro atoms. The van der Waals surface area contributed by atoms with Crippen molar-refractivity contribution < 1.29 is 28.6 Å². The van der Waals surface area contributed by atoms with Crippen molar-refractivity contribution in [2.45, 2.75) is 264 Å². The molecule has 368 valence electrons. The third-order valence-corrected chi connectivity index (χ3v) is 11.5. The van der Waals surface area contributed by atoms with E-state index in [0.717, 1.165) is 77.0 Å². The van der Waals surface area contributed by atoms with Crippen molar-refractivity contribution in [3.8, 4) is 0 Å². The third-order valence-electron chi connectivity index (χ3n) is 11.5. The fourth-order valence-corrected chi connectivity index (χ4v) is 7.47. The van der Waals surface area contributed by atoms with Crippen LogP contribution in [0.5, 0.6) is 0 Å². The van der Waals surface area contributed by atoms with Crippen LogP contribution in [-0.2, 0) is 28.6 Å². The van der Waals surface area contributed by atoms with Gasteiger partial charge >= 0.3 is 17.9 Å². The minimum atomic E-state index is -0.801. The Labute approximate surface area is 395 Å². The lowest BCUT2D eigenvalue weighted by Crippen LogP contribution is -2.30. The first-order valence-corrected chi connectivity index (χ1v) is 26.9. The molecule has 6 nitrogen and oxygen atoms in total. The zero-order valence-electron chi connectivity index (χ0n) is 42.0. The predicted octanol–water partition coefficient (Wildman–Crippen LogP) is 17.8. The molecule has 0 saturated carbocycles. The number of carbonyl (C=O) groups excluding carboxylic acids is 3. The van der Waals surface area contributed by atoms with Crippen molar-refractivity contribution in [3.05, 3.63) is 72.9 Å².